The highest BCUT2D eigenvalue weighted by molar-refractivity contribution is 5.21. The Morgan fingerprint density at radius 1 is 1.41 bits per heavy atom. The molecule has 0 radical (unpaired) electrons. The molecular formula is C12H19N5. The summed E-state index contributed by atoms with van der Waals surface area (Å²) in [4.78, 5) is 4.36. The van der Waals surface area contributed by atoms with Crippen LogP contribution in [0.1, 0.15) is 23.1 Å². The SMILES string of the molecule is CNC(Cc1nccn1C)c1cn(C)nc1C. The molecule has 2 aromatic heterocycles. The van der Waals surface area contributed by atoms with Gasteiger partial charge in [-0.25, -0.2) is 4.98 Å². The summed E-state index contributed by atoms with van der Waals surface area (Å²) >= 11 is 0. The molecule has 0 bridgehead atoms. The molecule has 5 heteroatoms. The van der Waals surface area contributed by atoms with Crippen LogP contribution in [0.4, 0.5) is 0 Å². The number of aryl methyl sites for hydroxylation is 3. The quantitative estimate of drug-likeness (QED) is 0.856. The van der Waals surface area contributed by atoms with E-state index in [-0.39, 0.29) is 6.04 Å². The molecule has 1 N–H and O–H groups in total. The van der Waals surface area contributed by atoms with E-state index >= 15 is 0 Å². The van der Waals surface area contributed by atoms with Crippen molar-refractivity contribution in [3.63, 3.8) is 0 Å². The molecule has 92 valence electrons. The molecule has 17 heavy (non-hydrogen) atoms. The number of hydrogen-bond acceptors (Lipinski definition) is 3. The van der Waals surface area contributed by atoms with E-state index in [9.17, 15) is 0 Å². The third-order valence-corrected chi connectivity index (χ3v) is 3.08. The van der Waals surface area contributed by atoms with Gasteiger partial charge in [0.1, 0.15) is 5.82 Å². The van der Waals surface area contributed by atoms with Gasteiger partial charge in [0.15, 0.2) is 0 Å². The molecule has 2 rings (SSSR count). The number of imidazole rings is 1. The lowest BCUT2D eigenvalue weighted by atomic mass is 10.0. The first-order valence-corrected chi connectivity index (χ1v) is 5.75. The monoisotopic (exact) mass is 233 g/mol. The maximum atomic E-state index is 4.38. The Balaban J connectivity index is 2.23. The molecule has 0 aromatic carbocycles. The van der Waals surface area contributed by atoms with Crippen LogP contribution >= 0.6 is 0 Å². The minimum atomic E-state index is 0.254. The van der Waals surface area contributed by atoms with Crippen molar-refractivity contribution in [1.29, 1.82) is 0 Å². The van der Waals surface area contributed by atoms with E-state index in [1.165, 1.54) is 5.56 Å². The Bertz CT molecular complexity index is 497. The van der Waals surface area contributed by atoms with E-state index in [1.807, 2.05) is 45.1 Å². The molecular weight excluding hydrogens is 214 g/mol. The molecule has 1 unspecified atom stereocenters. The molecule has 0 amide bonds. The van der Waals surface area contributed by atoms with Gasteiger partial charge in [-0.1, -0.05) is 0 Å². The Morgan fingerprint density at radius 2 is 2.18 bits per heavy atom. The van der Waals surface area contributed by atoms with Gasteiger partial charge < -0.3 is 9.88 Å². The number of likely N-dealkylation sites (N-methyl/N-ethyl adjacent to an activating group) is 1. The maximum Gasteiger partial charge on any atom is 0.110 e. The molecule has 0 aliphatic rings. The number of nitrogens with zero attached hydrogens (tertiary/aromatic N) is 4. The van der Waals surface area contributed by atoms with Crippen LogP contribution in [-0.2, 0) is 20.5 Å². The minimum absolute atomic E-state index is 0.254. The van der Waals surface area contributed by atoms with E-state index in [4.69, 9.17) is 0 Å². The second-order valence-corrected chi connectivity index (χ2v) is 4.34. The Labute approximate surface area is 101 Å². The highest BCUT2D eigenvalue weighted by atomic mass is 15.3. The summed E-state index contributed by atoms with van der Waals surface area (Å²) in [5, 5.41) is 7.71. The second kappa shape index (κ2) is 4.71. The fourth-order valence-corrected chi connectivity index (χ4v) is 2.10. The van der Waals surface area contributed by atoms with Gasteiger partial charge in [-0.05, 0) is 14.0 Å². The van der Waals surface area contributed by atoms with Crippen LogP contribution in [0.5, 0.6) is 0 Å². The molecule has 5 nitrogen and oxygen atoms in total. The lowest BCUT2D eigenvalue weighted by molar-refractivity contribution is 0.561. The van der Waals surface area contributed by atoms with Crippen LogP contribution in [-0.4, -0.2) is 26.4 Å². The van der Waals surface area contributed by atoms with Crippen LogP contribution in [0.3, 0.4) is 0 Å². The Hall–Kier alpha value is -1.62. The zero-order valence-electron chi connectivity index (χ0n) is 10.8. The van der Waals surface area contributed by atoms with Crippen LogP contribution in [0.25, 0.3) is 0 Å². The van der Waals surface area contributed by atoms with Crippen molar-refractivity contribution in [2.24, 2.45) is 14.1 Å². The predicted octanol–water partition coefficient (Wildman–Crippen LogP) is 0.965. The molecule has 0 fully saturated rings. The van der Waals surface area contributed by atoms with Gasteiger partial charge >= 0.3 is 0 Å². The van der Waals surface area contributed by atoms with Crippen LogP contribution in [0.15, 0.2) is 18.6 Å². The van der Waals surface area contributed by atoms with Gasteiger partial charge in [0.25, 0.3) is 0 Å². The molecule has 2 heterocycles. The average molecular weight is 233 g/mol. The van der Waals surface area contributed by atoms with Crippen LogP contribution in [0, 0.1) is 6.92 Å². The highest BCUT2D eigenvalue weighted by Gasteiger charge is 2.17. The van der Waals surface area contributed by atoms with E-state index in [0.717, 1.165) is 17.9 Å². The lowest BCUT2D eigenvalue weighted by Gasteiger charge is -2.15. The van der Waals surface area contributed by atoms with Crippen molar-refractivity contribution < 1.29 is 0 Å². The first-order valence-electron chi connectivity index (χ1n) is 5.75. The Kier molecular flexibility index (Phi) is 3.28. The van der Waals surface area contributed by atoms with Crippen LogP contribution in [0.2, 0.25) is 0 Å². The standard InChI is InChI=1S/C12H19N5/c1-9-10(8-17(4)15-9)11(13-2)7-12-14-5-6-16(12)3/h5-6,8,11,13H,7H2,1-4H3. The highest BCUT2D eigenvalue weighted by Crippen LogP contribution is 2.19. The fraction of sp³-hybridized carbons (Fsp3) is 0.500. The van der Waals surface area contributed by atoms with Crippen LogP contribution < -0.4 is 5.32 Å². The summed E-state index contributed by atoms with van der Waals surface area (Å²) in [7, 11) is 5.94. The summed E-state index contributed by atoms with van der Waals surface area (Å²) in [6.45, 7) is 2.04. The van der Waals surface area contributed by atoms with E-state index < -0.39 is 0 Å². The van der Waals surface area contributed by atoms with Crippen molar-refractivity contribution in [1.82, 2.24) is 24.6 Å². The zero-order valence-corrected chi connectivity index (χ0v) is 10.8. The predicted molar refractivity (Wildman–Crippen MR) is 66.7 cm³/mol. The molecule has 0 spiro atoms. The largest absolute Gasteiger partial charge is 0.338 e. The number of rotatable bonds is 4. The molecule has 2 aromatic rings. The van der Waals surface area contributed by atoms with Gasteiger partial charge in [0.05, 0.1) is 5.69 Å². The van der Waals surface area contributed by atoms with Gasteiger partial charge in [-0.15, -0.1) is 0 Å². The summed E-state index contributed by atoms with van der Waals surface area (Å²) in [5.41, 5.74) is 2.30. The summed E-state index contributed by atoms with van der Waals surface area (Å²) in [6, 6.07) is 0.254. The van der Waals surface area contributed by atoms with Crippen molar-refractivity contribution in [3.05, 3.63) is 35.7 Å². The summed E-state index contributed by atoms with van der Waals surface area (Å²) in [6.07, 6.45) is 6.74. The van der Waals surface area contributed by atoms with Gasteiger partial charge in [0.2, 0.25) is 0 Å². The molecule has 0 aliphatic carbocycles. The number of nitrogens with one attached hydrogen (secondary N) is 1. The Morgan fingerprint density at radius 3 is 2.65 bits per heavy atom. The first-order chi connectivity index (χ1) is 8.11. The first kappa shape index (κ1) is 11.9. The fourth-order valence-electron chi connectivity index (χ4n) is 2.10. The third kappa shape index (κ3) is 2.39. The molecule has 0 saturated heterocycles. The van der Waals surface area contributed by atoms with E-state index in [0.29, 0.717) is 0 Å². The summed E-state index contributed by atoms with van der Waals surface area (Å²) < 4.78 is 3.91. The number of aromatic nitrogens is 4. The summed E-state index contributed by atoms with van der Waals surface area (Å²) in [5.74, 6) is 1.08. The third-order valence-electron chi connectivity index (χ3n) is 3.08. The van der Waals surface area contributed by atoms with E-state index in [2.05, 4.69) is 26.2 Å². The second-order valence-electron chi connectivity index (χ2n) is 4.34. The van der Waals surface area contributed by atoms with Crippen molar-refractivity contribution in [3.8, 4) is 0 Å². The van der Waals surface area contributed by atoms with Crippen molar-refractivity contribution >= 4 is 0 Å². The zero-order chi connectivity index (χ0) is 12.4. The van der Waals surface area contributed by atoms with Gasteiger partial charge in [-0.2, -0.15) is 5.10 Å². The molecule has 0 aliphatic heterocycles. The average Bonchev–Trinajstić information content (AvgIpc) is 2.82. The minimum Gasteiger partial charge on any atom is -0.338 e. The lowest BCUT2D eigenvalue weighted by Crippen LogP contribution is -2.20. The van der Waals surface area contributed by atoms with Crippen molar-refractivity contribution in [2.45, 2.75) is 19.4 Å². The molecule has 1 atom stereocenters. The van der Waals surface area contributed by atoms with E-state index in [1.54, 1.807) is 0 Å². The smallest absolute Gasteiger partial charge is 0.110 e. The van der Waals surface area contributed by atoms with Crippen molar-refractivity contribution in [2.75, 3.05) is 7.05 Å². The number of hydrogen-bond donors (Lipinski definition) is 1. The molecule has 0 saturated carbocycles. The topological polar surface area (TPSA) is 47.7 Å². The van der Waals surface area contributed by atoms with Gasteiger partial charge in [-0.3, -0.25) is 4.68 Å². The normalized spacial score (nSPS) is 12.9. The van der Waals surface area contributed by atoms with Gasteiger partial charge in [0, 0.05) is 50.7 Å². The maximum absolute atomic E-state index is 4.38.